The maximum absolute atomic E-state index is 13.3. The molecule has 1 aliphatic rings. The third-order valence-electron chi connectivity index (χ3n) is 4.09. The fraction of sp³-hybridized carbons (Fsp3) is 0.588. The summed E-state index contributed by atoms with van der Waals surface area (Å²) in [4.78, 5) is 16.4. The number of hydrogen-bond acceptors (Lipinski definition) is 3. The van der Waals surface area contributed by atoms with Gasteiger partial charge in [0.15, 0.2) is 0 Å². The molecule has 0 saturated carbocycles. The second-order valence-corrected chi connectivity index (χ2v) is 6.07. The van der Waals surface area contributed by atoms with Crippen LogP contribution >= 0.6 is 12.4 Å². The molecular weight excluding hydrogens is 317 g/mol. The molecule has 0 unspecified atom stereocenters. The van der Waals surface area contributed by atoms with Gasteiger partial charge in [0.05, 0.1) is 0 Å². The number of nitrogens with one attached hydrogen (secondary N) is 1. The van der Waals surface area contributed by atoms with Gasteiger partial charge in [-0.15, -0.1) is 12.4 Å². The van der Waals surface area contributed by atoms with Crippen molar-refractivity contribution in [2.75, 3.05) is 32.7 Å². The van der Waals surface area contributed by atoms with Gasteiger partial charge >= 0.3 is 0 Å². The first-order chi connectivity index (χ1) is 10.6. The minimum absolute atomic E-state index is 0. The Labute approximate surface area is 144 Å². The van der Waals surface area contributed by atoms with Crippen LogP contribution in [0.15, 0.2) is 24.3 Å². The van der Waals surface area contributed by atoms with Gasteiger partial charge in [0, 0.05) is 51.7 Å². The van der Waals surface area contributed by atoms with Gasteiger partial charge in [-0.25, -0.2) is 4.39 Å². The van der Waals surface area contributed by atoms with E-state index in [1.54, 1.807) is 12.1 Å². The second kappa shape index (κ2) is 9.85. The molecule has 1 aliphatic heterocycles. The lowest BCUT2D eigenvalue weighted by Crippen LogP contribution is -2.47. The number of amides is 1. The number of carbonyl (C=O) groups excluding carboxylic acids is 1. The summed E-state index contributed by atoms with van der Waals surface area (Å²) in [5.41, 5.74) is 0.948. The van der Waals surface area contributed by atoms with Crippen molar-refractivity contribution in [2.45, 2.75) is 32.9 Å². The predicted octanol–water partition coefficient (Wildman–Crippen LogP) is 2.28. The van der Waals surface area contributed by atoms with E-state index in [1.807, 2.05) is 11.0 Å². The number of hydrogen-bond donors (Lipinski definition) is 1. The Morgan fingerprint density at radius 1 is 1.35 bits per heavy atom. The van der Waals surface area contributed by atoms with Gasteiger partial charge in [0.25, 0.3) is 0 Å². The minimum Gasteiger partial charge on any atom is -0.340 e. The van der Waals surface area contributed by atoms with Crippen LogP contribution in [0.1, 0.15) is 25.8 Å². The lowest BCUT2D eigenvalue weighted by molar-refractivity contribution is -0.132. The van der Waals surface area contributed by atoms with E-state index in [1.165, 1.54) is 6.07 Å². The first-order valence-electron chi connectivity index (χ1n) is 8.03. The zero-order valence-electron chi connectivity index (χ0n) is 13.9. The number of rotatable bonds is 6. The van der Waals surface area contributed by atoms with Crippen LogP contribution in [0.3, 0.4) is 0 Å². The lowest BCUT2D eigenvalue weighted by Gasteiger charge is -2.30. The van der Waals surface area contributed by atoms with Crippen LogP contribution in [0, 0.1) is 5.82 Å². The summed E-state index contributed by atoms with van der Waals surface area (Å²) < 4.78 is 13.3. The molecule has 4 nitrogen and oxygen atoms in total. The summed E-state index contributed by atoms with van der Waals surface area (Å²) in [6.45, 7) is 8.94. The molecule has 6 heteroatoms. The third kappa shape index (κ3) is 6.45. The highest BCUT2D eigenvalue weighted by molar-refractivity contribution is 5.85. The van der Waals surface area contributed by atoms with Crippen molar-refractivity contribution in [3.8, 4) is 0 Å². The van der Waals surface area contributed by atoms with Crippen molar-refractivity contribution in [3.05, 3.63) is 35.6 Å². The molecule has 1 amide bonds. The van der Waals surface area contributed by atoms with E-state index in [2.05, 4.69) is 24.1 Å². The van der Waals surface area contributed by atoms with Crippen molar-refractivity contribution in [2.24, 2.45) is 0 Å². The van der Waals surface area contributed by atoms with E-state index in [0.29, 0.717) is 25.6 Å². The first kappa shape index (κ1) is 19.9. The molecule has 0 spiro atoms. The minimum atomic E-state index is -0.210. The largest absolute Gasteiger partial charge is 0.340 e. The molecule has 0 aromatic heterocycles. The van der Waals surface area contributed by atoms with Gasteiger partial charge in [-0.3, -0.25) is 9.69 Å². The summed E-state index contributed by atoms with van der Waals surface area (Å²) in [6, 6.07) is 7.00. The summed E-state index contributed by atoms with van der Waals surface area (Å²) in [5, 5.41) is 3.25. The maximum atomic E-state index is 13.3. The Balaban J connectivity index is 0.00000264. The van der Waals surface area contributed by atoms with Gasteiger partial charge in [-0.05, 0) is 31.5 Å². The number of piperazine rings is 1. The van der Waals surface area contributed by atoms with Gasteiger partial charge in [-0.2, -0.15) is 0 Å². The van der Waals surface area contributed by atoms with Crippen molar-refractivity contribution in [1.29, 1.82) is 0 Å². The monoisotopic (exact) mass is 343 g/mol. The van der Waals surface area contributed by atoms with Gasteiger partial charge in [0.2, 0.25) is 5.91 Å². The molecular formula is C17H27ClFN3O. The van der Waals surface area contributed by atoms with Crippen molar-refractivity contribution in [3.63, 3.8) is 0 Å². The van der Waals surface area contributed by atoms with Crippen LogP contribution in [0.4, 0.5) is 4.39 Å². The van der Waals surface area contributed by atoms with Crippen molar-refractivity contribution >= 4 is 18.3 Å². The Kier molecular flexibility index (Phi) is 8.52. The molecule has 1 N–H and O–H groups in total. The van der Waals surface area contributed by atoms with E-state index >= 15 is 0 Å². The standard InChI is InChI=1S/C17H26FN3O.ClH/c1-14(2)21(13-15-4-3-5-16(18)12-15)9-6-17(22)20-10-7-19-8-11-20;/h3-5,12,14,19H,6-11,13H2,1-2H3;1H. The topological polar surface area (TPSA) is 35.6 Å². The van der Waals surface area contributed by atoms with Gasteiger partial charge in [0.1, 0.15) is 5.82 Å². The van der Waals surface area contributed by atoms with Crippen LogP contribution < -0.4 is 5.32 Å². The molecule has 130 valence electrons. The van der Waals surface area contributed by atoms with Crippen LogP contribution in [0.25, 0.3) is 0 Å². The SMILES string of the molecule is CC(C)N(CCC(=O)N1CCNCC1)Cc1cccc(F)c1.Cl. The highest BCUT2D eigenvalue weighted by Gasteiger charge is 2.18. The van der Waals surface area contributed by atoms with E-state index in [9.17, 15) is 9.18 Å². The second-order valence-electron chi connectivity index (χ2n) is 6.07. The Bertz CT molecular complexity index is 492. The first-order valence-corrected chi connectivity index (χ1v) is 8.03. The normalized spacial score (nSPS) is 14.9. The molecule has 0 atom stereocenters. The predicted molar refractivity (Wildman–Crippen MR) is 93.3 cm³/mol. The Morgan fingerprint density at radius 3 is 2.65 bits per heavy atom. The fourth-order valence-electron chi connectivity index (χ4n) is 2.70. The maximum Gasteiger partial charge on any atom is 0.223 e. The molecule has 1 heterocycles. The molecule has 1 fully saturated rings. The van der Waals surface area contributed by atoms with Gasteiger partial charge < -0.3 is 10.2 Å². The van der Waals surface area contributed by atoms with Crippen LogP contribution in [-0.4, -0.2) is 54.5 Å². The molecule has 0 aliphatic carbocycles. The zero-order chi connectivity index (χ0) is 15.9. The summed E-state index contributed by atoms with van der Waals surface area (Å²) in [6.07, 6.45) is 0.521. The van der Waals surface area contributed by atoms with E-state index < -0.39 is 0 Å². The zero-order valence-corrected chi connectivity index (χ0v) is 14.7. The molecule has 0 radical (unpaired) electrons. The summed E-state index contributed by atoms with van der Waals surface area (Å²) in [7, 11) is 0. The number of halogens is 2. The van der Waals surface area contributed by atoms with Crippen LogP contribution in [-0.2, 0) is 11.3 Å². The fourth-order valence-corrected chi connectivity index (χ4v) is 2.70. The Morgan fingerprint density at radius 2 is 2.04 bits per heavy atom. The molecule has 1 aromatic carbocycles. The average molecular weight is 344 g/mol. The van der Waals surface area contributed by atoms with E-state index in [-0.39, 0.29) is 24.1 Å². The van der Waals surface area contributed by atoms with E-state index in [4.69, 9.17) is 0 Å². The number of nitrogens with zero attached hydrogens (tertiary/aromatic N) is 2. The van der Waals surface area contributed by atoms with E-state index in [0.717, 1.165) is 31.7 Å². The summed E-state index contributed by atoms with van der Waals surface area (Å²) in [5.74, 6) is 0.00416. The van der Waals surface area contributed by atoms with Crippen LogP contribution in [0.2, 0.25) is 0 Å². The van der Waals surface area contributed by atoms with Gasteiger partial charge in [-0.1, -0.05) is 12.1 Å². The average Bonchev–Trinajstić information content (AvgIpc) is 2.51. The van der Waals surface area contributed by atoms with Crippen molar-refractivity contribution in [1.82, 2.24) is 15.1 Å². The third-order valence-corrected chi connectivity index (χ3v) is 4.09. The molecule has 2 rings (SSSR count). The quantitative estimate of drug-likeness (QED) is 0.860. The molecule has 23 heavy (non-hydrogen) atoms. The highest BCUT2D eigenvalue weighted by Crippen LogP contribution is 2.11. The summed E-state index contributed by atoms with van der Waals surface area (Å²) >= 11 is 0. The van der Waals surface area contributed by atoms with Crippen molar-refractivity contribution < 1.29 is 9.18 Å². The molecule has 1 saturated heterocycles. The molecule has 1 aromatic rings. The number of benzene rings is 1. The Hall–Kier alpha value is -1.17. The smallest absolute Gasteiger partial charge is 0.223 e. The van der Waals surface area contributed by atoms with Crippen LogP contribution in [0.5, 0.6) is 0 Å². The highest BCUT2D eigenvalue weighted by atomic mass is 35.5. The lowest BCUT2D eigenvalue weighted by atomic mass is 10.1. The molecule has 0 bridgehead atoms. The number of carbonyl (C=O) groups is 1.